The van der Waals surface area contributed by atoms with E-state index in [0.717, 1.165) is 43.0 Å². The number of aromatic nitrogens is 2. The highest BCUT2D eigenvalue weighted by atomic mass is 19.1. The van der Waals surface area contributed by atoms with E-state index in [0.29, 0.717) is 5.82 Å². The molecule has 1 aliphatic rings. The number of benzene rings is 1. The molecule has 0 saturated carbocycles. The van der Waals surface area contributed by atoms with E-state index in [4.69, 9.17) is 0 Å². The van der Waals surface area contributed by atoms with E-state index in [2.05, 4.69) is 20.2 Å². The number of piperidine rings is 1. The first-order chi connectivity index (χ1) is 11.5. The van der Waals surface area contributed by atoms with E-state index < -0.39 is 0 Å². The Morgan fingerprint density at radius 2 is 2.04 bits per heavy atom. The summed E-state index contributed by atoms with van der Waals surface area (Å²) in [6.07, 6.45) is 2.95. The fraction of sp³-hybridized carbons (Fsp3) is 0.444. The quantitative estimate of drug-likeness (QED) is 0.902. The van der Waals surface area contributed by atoms with Crippen LogP contribution in [0.25, 0.3) is 0 Å². The van der Waals surface area contributed by atoms with Crippen LogP contribution in [-0.2, 0) is 0 Å². The fourth-order valence-corrected chi connectivity index (χ4v) is 3.10. The smallest absolute Gasteiger partial charge is 0.130 e. The molecule has 0 amide bonds. The van der Waals surface area contributed by atoms with Crippen molar-refractivity contribution in [1.82, 2.24) is 9.97 Å². The molecule has 1 aromatic carbocycles. The van der Waals surface area contributed by atoms with Crippen LogP contribution in [0.4, 0.5) is 15.9 Å². The molecule has 1 aromatic heterocycles. The maximum atomic E-state index is 13.8. The molecule has 3 rings (SSSR count). The lowest BCUT2D eigenvalue weighted by Gasteiger charge is -2.34. The van der Waals surface area contributed by atoms with E-state index in [-0.39, 0.29) is 18.0 Å². The van der Waals surface area contributed by atoms with Gasteiger partial charge in [0.25, 0.3) is 0 Å². The molecule has 1 fully saturated rings. The van der Waals surface area contributed by atoms with Crippen molar-refractivity contribution >= 4 is 11.5 Å². The summed E-state index contributed by atoms with van der Waals surface area (Å²) in [5.74, 6) is 1.16. The Balaban J connectivity index is 1.84. The molecule has 0 radical (unpaired) electrons. The molecule has 0 spiro atoms. The van der Waals surface area contributed by atoms with E-state index >= 15 is 0 Å². The minimum absolute atomic E-state index is 0.100. The van der Waals surface area contributed by atoms with Crippen molar-refractivity contribution in [3.8, 4) is 0 Å². The highest BCUT2D eigenvalue weighted by Gasteiger charge is 2.22. The Labute approximate surface area is 141 Å². The van der Waals surface area contributed by atoms with Crippen molar-refractivity contribution < 1.29 is 9.50 Å². The van der Waals surface area contributed by atoms with Gasteiger partial charge in [-0.15, -0.1) is 0 Å². The maximum Gasteiger partial charge on any atom is 0.130 e. The summed E-state index contributed by atoms with van der Waals surface area (Å²) in [4.78, 5) is 10.7. The first kappa shape index (κ1) is 16.6. The molecule has 2 heterocycles. The standard InChI is InChI=1S/C18H23FN4O/c1-12(21-18-5-8-20-13(2)22-18)16-11-14(19)3-4-17(16)23-9-6-15(24)7-10-23/h3-5,8,11-12,15,24H,6-7,9-10H2,1-2H3,(H,20,21,22)/t12-/m1/s1. The molecule has 1 aliphatic heterocycles. The molecule has 0 aliphatic carbocycles. The predicted octanol–water partition coefficient (Wildman–Crippen LogP) is 3.06. The third-order valence-electron chi connectivity index (χ3n) is 4.40. The molecule has 0 unspecified atom stereocenters. The summed E-state index contributed by atoms with van der Waals surface area (Å²) in [5, 5.41) is 13.0. The van der Waals surface area contributed by atoms with Crippen molar-refractivity contribution in [3.05, 3.63) is 47.7 Å². The number of nitrogens with zero attached hydrogens (tertiary/aromatic N) is 3. The minimum atomic E-state index is -0.252. The fourth-order valence-electron chi connectivity index (χ4n) is 3.10. The average Bonchev–Trinajstić information content (AvgIpc) is 2.56. The second-order valence-corrected chi connectivity index (χ2v) is 6.28. The Morgan fingerprint density at radius 1 is 1.29 bits per heavy atom. The highest BCUT2D eigenvalue weighted by Crippen LogP contribution is 2.31. The summed E-state index contributed by atoms with van der Waals surface area (Å²) in [7, 11) is 0. The topological polar surface area (TPSA) is 61.3 Å². The van der Waals surface area contributed by atoms with E-state index in [1.54, 1.807) is 18.3 Å². The lowest BCUT2D eigenvalue weighted by molar-refractivity contribution is 0.145. The molecule has 0 bridgehead atoms. The second-order valence-electron chi connectivity index (χ2n) is 6.28. The molecular weight excluding hydrogens is 307 g/mol. The number of nitrogens with one attached hydrogen (secondary N) is 1. The number of halogens is 1. The Morgan fingerprint density at radius 3 is 2.75 bits per heavy atom. The zero-order valence-corrected chi connectivity index (χ0v) is 14.0. The van der Waals surface area contributed by atoms with E-state index in [9.17, 15) is 9.50 Å². The number of rotatable bonds is 4. The van der Waals surface area contributed by atoms with Gasteiger partial charge in [0.15, 0.2) is 0 Å². The van der Waals surface area contributed by atoms with Crippen LogP contribution in [0, 0.1) is 12.7 Å². The Bertz CT molecular complexity index is 701. The summed E-state index contributed by atoms with van der Waals surface area (Å²) in [6.45, 7) is 5.38. The lowest BCUT2D eigenvalue weighted by atomic mass is 10.0. The van der Waals surface area contributed by atoms with Gasteiger partial charge in [-0.1, -0.05) is 0 Å². The third-order valence-corrected chi connectivity index (χ3v) is 4.40. The Kier molecular flexibility index (Phi) is 4.94. The van der Waals surface area contributed by atoms with Crippen LogP contribution in [-0.4, -0.2) is 34.3 Å². The SMILES string of the molecule is Cc1nccc(N[C@H](C)c2cc(F)ccc2N2CCC(O)CC2)n1. The van der Waals surface area contributed by atoms with Gasteiger partial charge in [0, 0.05) is 30.5 Å². The van der Waals surface area contributed by atoms with Crippen LogP contribution in [0.15, 0.2) is 30.5 Å². The molecule has 1 atom stereocenters. The van der Waals surface area contributed by atoms with Crippen molar-refractivity contribution in [1.29, 1.82) is 0 Å². The number of hydrogen-bond donors (Lipinski definition) is 2. The first-order valence-corrected chi connectivity index (χ1v) is 8.31. The van der Waals surface area contributed by atoms with Crippen molar-refractivity contribution in [3.63, 3.8) is 0 Å². The number of aliphatic hydroxyl groups excluding tert-OH is 1. The van der Waals surface area contributed by atoms with Gasteiger partial charge in [0.05, 0.1) is 12.1 Å². The Hall–Kier alpha value is -2.21. The van der Waals surface area contributed by atoms with Gasteiger partial charge in [-0.3, -0.25) is 0 Å². The van der Waals surface area contributed by atoms with Crippen molar-refractivity contribution in [2.24, 2.45) is 0 Å². The molecule has 128 valence electrons. The van der Waals surface area contributed by atoms with E-state index in [1.807, 2.05) is 19.9 Å². The van der Waals surface area contributed by atoms with Gasteiger partial charge >= 0.3 is 0 Å². The van der Waals surface area contributed by atoms with Crippen LogP contribution in [0.3, 0.4) is 0 Å². The number of aryl methyl sites for hydroxylation is 1. The maximum absolute atomic E-state index is 13.8. The number of hydrogen-bond acceptors (Lipinski definition) is 5. The predicted molar refractivity (Wildman–Crippen MR) is 92.7 cm³/mol. The van der Waals surface area contributed by atoms with Gasteiger partial charge in [0.1, 0.15) is 17.5 Å². The highest BCUT2D eigenvalue weighted by molar-refractivity contribution is 5.57. The molecule has 2 aromatic rings. The molecular formula is C18H23FN4O. The van der Waals surface area contributed by atoms with Gasteiger partial charge in [-0.05, 0) is 51.0 Å². The summed E-state index contributed by atoms with van der Waals surface area (Å²) >= 11 is 0. The van der Waals surface area contributed by atoms with Crippen molar-refractivity contribution in [2.45, 2.75) is 38.8 Å². The third kappa shape index (κ3) is 3.82. The zero-order chi connectivity index (χ0) is 17.1. The number of aliphatic hydroxyl groups is 1. The molecule has 5 nitrogen and oxygen atoms in total. The molecule has 1 saturated heterocycles. The molecule has 24 heavy (non-hydrogen) atoms. The van der Waals surface area contributed by atoms with Crippen LogP contribution < -0.4 is 10.2 Å². The molecule has 6 heteroatoms. The van der Waals surface area contributed by atoms with Crippen LogP contribution >= 0.6 is 0 Å². The normalized spacial score (nSPS) is 16.9. The average molecular weight is 330 g/mol. The van der Waals surface area contributed by atoms with Gasteiger partial charge in [-0.25, -0.2) is 14.4 Å². The largest absolute Gasteiger partial charge is 0.393 e. The lowest BCUT2D eigenvalue weighted by Crippen LogP contribution is -2.36. The van der Waals surface area contributed by atoms with Gasteiger partial charge in [-0.2, -0.15) is 0 Å². The van der Waals surface area contributed by atoms with E-state index in [1.165, 1.54) is 6.07 Å². The van der Waals surface area contributed by atoms with Gasteiger partial charge in [0.2, 0.25) is 0 Å². The monoisotopic (exact) mass is 330 g/mol. The summed E-state index contributed by atoms with van der Waals surface area (Å²) in [5.41, 5.74) is 1.90. The second kappa shape index (κ2) is 7.13. The van der Waals surface area contributed by atoms with Crippen molar-refractivity contribution in [2.75, 3.05) is 23.3 Å². The minimum Gasteiger partial charge on any atom is -0.393 e. The zero-order valence-electron chi connectivity index (χ0n) is 14.0. The summed E-state index contributed by atoms with van der Waals surface area (Å²) < 4.78 is 13.8. The molecule has 2 N–H and O–H groups in total. The first-order valence-electron chi connectivity index (χ1n) is 8.31. The van der Waals surface area contributed by atoms with Crippen LogP contribution in [0.2, 0.25) is 0 Å². The summed E-state index contributed by atoms with van der Waals surface area (Å²) in [6, 6.07) is 6.60. The number of anilines is 2. The van der Waals surface area contributed by atoms with Gasteiger partial charge < -0.3 is 15.3 Å². The van der Waals surface area contributed by atoms with Crippen LogP contribution in [0.5, 0.6) is 0 Å². The van der Waals surface area contributed by atoms with Crippen LogP contribution in [0.1, 0.15) is 37.2 Å².